The lowest BCUT2D eigenvalue weighted by Gasteiger charge is -2.40. The van der Waals surface area contributed by atoms with Crippen LogP contribution in [-0.2, 0) is 10.0 Å². The second-order valence-electron chi connectivity index (χ2n) is 10.2. The minimum absolute atomic E-state index is 0.334. The normalized spacial score (nSPS) is 16.5. The van der Waals surface area contributed by atoms with Gasteiger partial charge in [0, 0.05) is 36.6 Å². The van der Waals surface area contributed by atoms with Gasteiger partial charge in [0.2, 0.25) is 0 Å². The Hall–Kier alpha value is -3.53. The number of hydrogen-bond acceptors (Lipinski definition) is 8. The van der Waals surface area contributed by atoms with Crippen molar-refractivity contribution in [1.29, 1.82) is 0 Å². The number of nitrogens with one attached hydrogen (secondary N) is 1. The minimum atomic E-state index is -3.43. The molecule has 1 saturated heterocycles. The highest BCUT2D eigenvalue weighted by Crippen LogP contribution is 2.37. The Bertz CT molecular complexity index is 1550. The molecule has 6 rings (SSSR count). The molecule has 9 nitrogen and oxygen atoms in total. The molecule has 4 heterocycles. The van der Waals surface area contributed by atoms with E-state index in [1.807, 2.05) is 6.20 Å². The number of benzene rings is 1. The number of aromatic nitrogens is 5. The molecule has 2 fully saturated rings. The molecule has 2 aliphatic rings. The van der Waals surface area contributed by atoms with Crippen LogP contribution in [0.25, 0.3) is 22.2 Å². The molecule has 186 valence electrons. The summed E-state index contributed by atoms with van der Waals surface area (Å²) in [4.78, 5) is 16.0. The Balaban J connectivity index is 1.30. The van der Waals surface area contributed by atoms with Gasteiger partial charge in [-0.3, -0.25) is 0 Å². The van der Waals surface area contributed by atoms with Crippen LogP contribution >= 0.6 is 0 Å². The maximum Gasteiger partial charge on any atom is 0.256 e. The summed E-state index contributed by atoms with van der Waals surface area (Å²) in [7, 11) is -3.43. The summed E-state index contributed by atoms with van der Waals surface area (Å²) >= 11 is 0. The highest BCUT2D eigenvalue weighted by molar-refractivity contribution is 7.90. The van der Waals surface area contributed by atoms with Gasteiger partial charge in [0.05, 0.1) is 23.2 Å². The number of nitrogens with zero attached hydrogens (tertiary/aromatic N) is 6. The molecule has 4 aromatic rings. The molecule has 0 bridgehead atoms. The van der Waals surface area contributed by atoms with Crippen LogP contribution in [0.4, 0.5) is 17.3 Å². The fraction of sp³-hybridized carbons (Fsp3) is 0.385. The van der Waals surface area contributed by atoms with Crippen molar-refractivity contribution in [3.05, 3.63) is 54.6 Å². The van der Waals surface area contributed by atoms with Gasteiger partial charge in [-0.25, -0.2) is 23.4 Å². The van der Waals surface area contributed by atoms with E-state index in [-0.39, 0.29) is 5.25 Å². The van der Waals surface area contributed by atoms with E-state index < -0.39 is 10.0 Å². The summed E-state index contributed by atoms with van der Waals surface area (Å²) < 4.78 is 26.0. The molecule has 3 aromatic heterocycles. The van der Waals surface area contributed by atoms with Crippen LogP contribution in [0, 0.1) is 5.92 Å². The summed E-state index contributed by atoms with van der Waals surface area (Å²) in [5, 5.41) is 9.36. The Labute approximate surface area is 210 Å². The van der Waals surface area contributed by atoms with Gasteiger partial charge in [0.25, 0.3) is 10.0 Å². The predicted octanol–water partition coefficient (Wildman–Crippen LogP) is 4.55. The lowest BCUT2D eigenvalue weighted by molar-refractivity contribution is 0.448. The highest BCUT2D eigenvalue weighted by Gasteiger charge is 2.37. The summed E-state index contributed by atoms with van der Waals surface area (Å²) in [6.45, 7) is 8.81. The van der Waals surface area contributed by atoms with E-state index in [2.05, 4.69) is 64.3 Å². The van der Waals surface area contributed by atoms with E-state index in [4.69, 9.17) is 4.98 Å². The van der Waals surface area contributed by atoms with E-state index in [0.717, 1.165) is 22.6 Å². The number of pyridine rings is 1. The van der Waals surface area contributed by atoms with Gasteiger partial charge in [0.15, 0.2) is 5.82 Å². The van der Waals surface area contributed by atoms with Gasteiger partial charge < -0.3 is 10.2 Å². The Morgan fingerprint density at radius 3 is 2.56 bits per heavy atom. The van der Waals surface area contributed by atoms with Crippen LogP contribution in [0.1, 0.15) is 45.1 Å². The van der Waals surface area contributed by atoms with E-state index in [1.54, 1.807) is 12.3 Å². The molecule has 0 atom stereocenters. The minimum Gasteiger partial charge on any atom is -0.370 e. The summed E-state index contributed by atoms with van der Waals surface area (Å²) in [5.74, 6) is 2.75. The average Bonchev–Trinajstić information content (AvgIpc) is 3.58. The van der Waals surface area contributed by atoms with E-state index in [1.165, 1.54) is 29.0 Å². The van der Waals surface area contributed by atoms with E-state index >= 15 is 0 Å². The smallest absolute Gasteiger partial charge is 0.256 e. The molecule has 0 unspecified atom stereocenters. The van der Waals surface area contributed by atoms with Crippen molar-refractivity contribution < 1.29 is 8.42 Å². The molecule has 0 radical (unpaired) electrons. The first-order valence-electron chi connectivity index (χ1n) is 12.4. The SMILES string of the molecule is CC1CN(c2ccc(C(C)C)c3cc(Nc4ccnc(-c5cnn(S(=O)(=O)C6CC6)c5)n4)ncc23)C1. The van der Waals surface area contributed by atoms with Crippen LogP contribution in [0.2, 0.25) is 0 Å². The van der Waals surface area contributed by atoms with Crippen molar-refractivity contribution in [3.63, 3.8) is 0 Å². The summed E-state index contributed by atoms with van der Waals surface area (Å²) in [5.41, 5.74) is 3.05. The van der Waals surface area contributed by atoms with Gasteiger partial charge in [0.1, 0.15) is 11.6 Å². The molecule has 10 heteroatoms. The van der Waals surface area contributed by atoms with Crippen molar-refractivity contribution in [2.24, 2.45) is 5.92 Å². The first kappa shape index (κ1) is 22.9. The van der Waals surface area contributed by atoms with Crippen molar-refractivity contribution in [2.75, 3.05) is 23.3 Å². The third-order valence-corrected chi connectivity index (χ3v) is 8.91. The third-order valence-electron chi connectivity index (χ3n) is 6.87. The first-order valence-corrected chi connectivity index (χ1v) is 13.9. The Kier molecular flexibility index (Phi) is 5.44. The average molecular weight is 504 g/mol. The van der Waals surface area contributed by atoms with Crippen LogP contribution in [0.5, 0.6) is 0 Å². The zero-order valence-electron chi connectivity index (χ0n) is 20.6. The quantitative estimate of drug-likeness (QED) is 0.391. The molecule has 1 N–H and O–H groups in total. The fourth-order valence-corrected chi connectivity index (χ4v) is 6.24. The van der Waals surface area contributed by atoms with Crippen LogP contribution in [0.3, 0.4) is 0 Å². The molecular weight excluding hydrogens is 474 g/mol. The molecule has 0 spiro atoms. The highest BCUT2D eigenvalue weighted by atomic mass is 32.2. The monoisotopic (exact) mass is 503 g/mol. The maximum atomic E-state index is 12.5. The van der Waals surface area contributed by atoms with Gasteiger partial charge in [-0.1, -0.05) is 26.8 Å². The van der Waals surface area contributed by atoms with Crippen molar-refractivity contribution in [3.8, 4) is 11.4 Å². The van der Waals surface area contributed by atoms with E-state index in [9.17, 15) is 8.42 Å². The zero-order valence-corrected chi connectivity index (χ0v) is 21.4. The van der Waals surface area contributed by atoms with E-state index in [0.29, 0.717) is 47.7 Å². The summed E-state index contributed by atoms with van der Waals surface area (Å²) in [6.07, 6.45) is 7.92. The molecule has 0 amide bonds. The standard InChI is InChI=1S/C26H29N7O2S/c1-16(2)20-6-7-23(32-13-17(3)14-32)22-12-28-25(10-21(20)22)30-24-8-9-27-26(31-24)18-11-29-33(15-18)36(34,35)19-4-5-19/h6-12,15-17,19H,4-5,13-14H2,1-3H3,(H,27,28,30,31). The molecule has 36 heavy (non-hydrogen) atoms. The lowest BCUT2D eigenvalue weighted by Crippen LogP contribution is -2.45. The van der Waals surface area contributed by atoms with Gasteiger partial charge in [-0.2, -0.15) is 9.19 Å². The maximum absolute atomic E-state index is 12.5. The largest absolute Gasteiger partial charge is 0.370 e. The zero-order chi connectivity index (χ0) is 25.0. The topological polar surface area (TPSA) is 106 Å². The van der Waals surface area contributed by atoms with Gasteiger partial charge in [-0.05, 0) is 53.8 Å². The van der Waals surface area contributed by atoms with Crippen molar-refractivity contribution in [1.82, 2.24) is 24.1 Å². The van der Waals surface area contributed by atoms with Crippen LogP contribution in [0.15, 0.2) is 49.1 Å². The van der Waals surface area contributed by atoms with Crippen LogP contribution < -0.4 is 10.2 Å². The third kappa shape index (κ3) is 4.09. The number of fused-ring (bicyclic) bond motifs is 1. The summed E-state index contributed by atoms with van der Waals surface area (Å²) in [6, 6.07) is 8.30. The van der Waals surface area contributed by atoms with Crippen molar-refractivity contribution >= 4 is 38.1 Å². The lowest BCUT2D eigenvalue weighted by atomic mass is 9.93. The van der Waals surface area contributed by atoms with Gasteiger partial charge >= 0.3 is 0 Å². The van der Waals surface area contributed by atoms with Crippen molar-refractivity contribution in [2.45, 2.75) is 44.8 Å². The molecular formula is C26H29N7O2S. The fourth-order valence-electron chi connectivity index (χ4n) is 4.77. The second kappa shape index (κ2) is 8.55. The van der Waals surface area contributed by atoms with Crippen LogP contribution in [-0.4, -0.2) is 50.9 Å². The molecule has 1 aromatic carbocycles. The number of hydrogen-bond donors (Lipinski definition) is 1. The number of anilines is 3. The Morgan fingerprint density at radius 1 is 1.03 bits per heavy atom. The van der Waals surface area contributed by atoms with Gasteiger partial charge in [-0.15, -0.1) is 0 Å². The second-order valence-corrected chi connectivity index (χ2v) is 12.3. The number of rotatable bonds is 7. The molecule has 1 aliphatic carbocycles. The molecule has 1 saturated carbocycles. The Morgan fingerprint density at radius 2 is 1.83 bits per heavy atom. The molecule has 1 aliphatic heterocycles. The predicted molar refractivity (Wildman–Crippen MR) is 141 cm³/mol. The first-order chi connectivity index (χ1) is 17.3.